The second-order valence-corrected chi connectivity index (χ2v) is 6.29. The number of nitrogens with two attached hydrogens (primary N) is 1. The van der Waals surface area contributed by atoms with E-state index >= 15 is 0 Å². The molecule has 7 nitrogen and oxygen atoms in total. The lowest BCUT2D eigenvalue weighted by atomic mass is 10.1. The Morgan fingerprint density at radius 1 is 1.28 bits per heavy atom. The van der Waals surface area contributed by atoms with Crippen LogP contribution in [-0.2, 0) is 17.1 Å². The van der Waals surface area contributed by atoms with Gasteiger partial charge >= 0.3 is 0 Å². The SMILES string of the molecule is Nn1c(SCc2cc(F)cc3c2OCOC3)nnc1-c1ccccn1. The summed E-state index contributed by atoms with van der Waals surface area (Å²) < 4.78 is 25.9. The highest BCUT2D eigenvalue weighted by Crippen LogP contribution is 2.33. The van der Waals surface area contributed by atoms with Gasteiger partial charge < -0.3 is 15.3 Å². The number of nitrogens with zero attached hydrogens (tertiary/aromatic N) is 4. The fourth-order valence-corrected chi connectivity index (χ4v) is 3.37. The van der Waals surface area contributed by atoms with Crippen molar-refractivity contribution in [2.75, 3.05) is 12.6 Å². The summed E-state index contributed by atoms with van der Waals surface area (Å²) >= 11 is 1.35. The summed E-state index contributed by atoms with van der Waals surface area (Å²) in [7, 11) is 0. The van der Waals surface area contributed by atoms with Crippen molar-refractivity contribution >= 4 is 11.8 Å². The van der Waals surface area contributed by atoms with Crippen LogP contribution in [0.1, 0.15) is 11.1 Å². The van der Waals surface area contributed by atoms with Crippen molar-refractivity contribution in [3.05, 3.63) is 53.5 Å². The number of aromatic nitrogens is 4. The van der Waals surface area contributed by atoms with Gasteiger partial charge in [-0.05, 0) is 24.3 Å². The Morgan fingerprint density at radius 2 is 2.20 bits per heavy atom. The van der Waals surface area contributed by atoms with Crippen LogP contribution in [0.3, 0.4) is 0 Å². The van der Waals surface area contributed by atoms with E-state index in [9.17, 15) is 4.39 Å². The molecule has 1 aliphatic heterocycles. The molecule has 0 spiro atoms. The zero-order chi connectivity index (χ0) is 17.2. The summed E-state index contributed by atoms with van der Waals surface area (Å²) in [6.07, 6.45) is 1.66. The van der Waals surface area contributed by atoms with Gasteiger partial charge in [0.1, 0.15) is 17.3 Å². The van der Waals surface area contributed by atoms with Crippen LogP contribution >= 0.6 is 11.8 Å². The maximum Gasteiger partial charge on any atom is 0.210 e. The van der Waals surface area contributed by atoms with Crippen LogP contribution in [0.15, 0.2) is 41.7 Å². The lowest BCUT2D eigenvalue weighted by molar-refractivity contribution is -0.0171. The Bertz CT molecular complexity index is 903. The topological polar surface area (TPSA) is 88.1 Å². The summed E-state index contributed by atoms with van der Waals surface area (Å²) in [6.45, 7) is 0.495. The lowest BCUT2D eigenvalue weighted by Crippen LogP contribution is -2.14. The second-order valence-electron chi connectivity index (χ2n) is 5.34. The number of ether oxygens (including phenoxy) is 2. The predicted octanol–water partition coefficient (Wildman–Crippen LogP) is 2.35. The van der Waals surface area contributed by atoms with Gasteiger partial charge in [0.15, 0.2) is 6.79 Å². The van der Waals surface area contributed by atoms with Gasteiger partial charge in [-0.15, -0.1) is 10.2 Å². The van der Waals surface area contributed by atoms with E-state index in [0.29, 0.717) is 40.3 Å². The number of hydrogen-bond donors (Lipinski definition) is 1. The van der Waals surface area contributed by atoms with Crippen molar-refractivity contribution in [2.45, 2.75) is 17.5 Å². The third-order valence-corrected chi connectivity index (χ3v) is 4.66. The molecular weight excluding hydrogens is 345 g/mol. The lowest BCUT2D eigenvalue weighted by Gasteiger charge is -2.20. The number of halogens is 1. The normalized spacial score (nSPS) is 13.3. The zero-order valence-electron chi connectivity index (χ0n) is 13.1. The van der Waals surface area contributed by atoms with Crippen LogP contribution in [0.25, 0.3) is 11.5 Å². The fraction of sp³-hybridized carbons (Fsp3) is 0.188. The minimum Gasteiger partial charge on any atom is -0.467 e. The smallest absolute Gasteiger partial charge is 0.210 e. The summed E-state index contributed by atoms with van der Waals surface area (Å²) in [4.78, 5) is 4.21. The van der Waals surface area contributed by atoms with Crippen molar-refractivity contribution in [1.29, 1.82) is 0 Å². The molecule has 2 aromatic heterocycles. The molecule has 4 rings (SSSR count). The highest BCUT2D eigenvalue weighted by atomic mass is 32.2. The van der Waals surface area contributed by atoms with Crippen molar-refractivity contribution < 1.29 is 13.9 Å². The molecule has 25 heavy (non-hydrogen) atoms. The van der Waals surface area contributed by atoms with Crippen molar-refractivity contribution in [2.24, 2.45) is 0 Å². The molecule has 1 aromatic carbocycles. The van der Waals surface area contributed by atoms with Crippen LogP contribution < -0.4 is 10.6 Å². The van der Waals surface area contributed by atoms with E-state index in [1.807, 2.05) is 12.1 Å². The van der Waals surface area contributed by atoms with E-state index in [1.165, 1.54) is 28.6 Å². The molecule has 3 heterocycles. The molecule has 0 aliphatic carbocycles. The van der Waals surface area contributed by atoms with Crippen LogP contribution in [0.4, 0.5) is 4.39 Å². The molecule has 0 atom stereocenters. The second kappa shape index (κ2) is 6.69. The largest absolute Gasteiger partial charge is 0.467 e. The first-order valence-electron chi connectivity index (χ1n) is 7.49. The molecule has 0 bridgehead atoms. The van der Waals surface area contributed by atoms with E-state index < -0.39 is 0 Å². The third kappa shape index (κ3) is 3.15. The van der Waals surface area contributed by atoms with Crippen molar-refractivity contribution in [1.82, 2.24) is 19.9 Å². The quantitative estimate of drug-likeness (QED) is 0.565. The number of hydrogen-bond acceptors (Lipinski definition) is 7. The Hall–Kier alpha value is -2.65. The van der Waals surface area contributed by atoms with Gasteiger partial charge in [0.25, 0.3) is 0 Å². The molecule has 0 saturated carbocycles. The van der Waals surface area contributed by atoms with E-state index in [4.69, 9.17) is 15.3 Å². The van der Waals surface area contributed by atoms with Gasteiger partial charge in [0, 0.05) is 23.1 Å². The van der Waals surface area contributed by atoms with Crippen LogP contribution in [0.5, 0.6) is 5.75 Å². The van der Waals surface area contributed by atoms with E-state index in [1.54, 1.807) is 12.3 Å². The van der Waals surface area contributed by atoms with Gasteiger partial charge in [-0.2, -0.15) is 0 Å². The van der Waals surface area contributed by atoms with Crippen LogP contribution in [-0.4, -0.2) is 26.7 Å². The number of benzene rings is 1. The average Bonchev–Trinajstić information content (AvgIpc) is 3.01. The van der Waals surface area contributed by atoms with Gasteiger partial charge in [-0.3, -0.25) is 4.98 Å². The molecule has 0 unspecified atom stereocenters. The summed E-state index contributed by atoms with van der Waals surface area (Å²) in [6, 6.07) is 8.34. The Kier molecular flexibility index (Phi) is 4.24. The number of fused-ring (bicyclic) bond motifs is 1. The fourth-order valence-electron chi connectivity index (χ4n) is 2.55. The van der Waals surface area contributed by atoms with E-state index in [0.717, 1.165) is 5.56 Å². The molecule has 3 aromatic rings. The van der Waals surface area contributed by atoms with Gasteiger partial charge in [0.05, 0.1) is 6.61 Å². The molecule has 2 N–H and O–H groups in total. The Balaban J connectivity index is 1.57. The van der Waals surface area contributed by atoms with Crippen molar-refractivity contribution in [3.63, 3.8) is 0 Å². The zero-order valence-corrected chi connectivity index (χ0v) is 13.9. The summed E-state index contributed by atoms with van der Waals surface area (Å²) in [5, 5.41) is 8.68. The van der Waals surface area contributed by atoms with Crippen LogP contribution in [0.2, 0.25) is 0 Å². The van der Waals surface area contributed by atoms with Gasteiger partial charge in [0.2, 0.25) is 11.0 Å². The molecule has 0 radical (unpaired) electrons. The first-order valence-corrected chi connectivity index (χ1v) is 8.47. The molecule has 9 heteroatoms. The molecular formula is C16H14FN5O2S. The average molecular weight is 359 g/mol. The number of thioether (sulfide) groups is 1. The summed E-state index contributed by atoms with van der Waals surface area (Å²) in [5.74, 6) is 7.31. The Morgan fingerprint density at radius 3 is 3.04 bits per heavy atom. The van der Waals surface area contributed by atoms with E-state index in [2.05, 4.69) is 15.2 Å². The first kappa shape index (κ1) is 15.9. The first-order chi connectivity index (χ1) is 12.2. The molecule has 0 fully saturated rings. The number of pyridine rings is 1. The number of rotatable bonds is 4. The van der Waals surface area contributed by atoms with Crippen LogP contribution in [0, 0.1) is 5.82 Å². The maximum absolute atomic E-state index is 13.8. The molecule has 1 aliphatic rings. The Labute approximate surface area is 147 Å². The van der Waals surface area contributed by atoms with Gasteiger partial charge in [-0.25, -0.2) is 9.07 Å². The predicted molar refractivity (Wildman–Crippen MR) is 89.6 cm³/mol. The third-order valence-electron chi connectivity index (χ3n) is 3.67. The highest BCUT2D eigenvalue weighted by Gasteiger charge is 2.19. The van der Waals surface area contributed by atoms with Crippen molar-refractivity contribution in [3.8, 4) is 17.3 Å². The monoisotopic (exact) mass is 359 g/mol. The van der Waals surface area contributed by atoms with Gasteiger partial charge in [-0.1, -0.05) is 17.8 Å². The molecule has 128 valence electrons. The number of nitrogen functional groups attached to an aromatic ring is 1. The minimum atomic E-state index is -0.327. The van der Waals surface area contributed by atoms with E-state index in [-0.39, 0.29) is 12.6 Å². The standard InChI is InChI=1S/C16H14FN5O2S/c17-12-5-10-7-23-9-24-14(10)11(6-12)8-25-16-21-20-15(22(16)18)13-3-1-2-4-19-13/h1-6H,7-9,18H2. The maximum atomic E-state index is 13.8. The summed E-state index contributed by atoms with van der Waals surface area (Å²) in [5.41, 5.74) is 2.06. The highest BCUT2D eigenvalue weighted by molar-refractivity contribution is 7.98. The minimum absolute atomic E-state index is 0.160. The molecule has 0 saturated heterocycles. The molecule has 0 amide bonds.